The van der Waals surface area contributed by atoms with Gasteiger partial charge in [-0.05, 0) is 30.0 Å². The zero-order chi connectivity index (χ0) is 15.1. The number of carboxylic acid groups (broad SMARTS) is 1. The van der Waals surface area contributed by atoms with Crippen molar-refractivity contribution >= 4 is 16.0 Å². The largest absolute Gasteiger partial charge is 0.478 e. The van der Waals surface area contributed by atoms with E-state index in [0.717, 1.165) is 18.2 Å². The van der Waals surface area contributed by atoms with Gasteiger partial charge in [-0.1, -0.05) is 13.8 Å². The Kier molecular flexibility index (Phi) is 3.60. The molecule has 0 spiro atoms. The number of rotatable bonds is 3. The quantitative estimate of drug-likeness (QED) is 0.926. The van der Waals surface area contributed by atoms with Crippen molar-refractivity contribution in [2.24, 2.45) is 5.41 Å². The van der Waals surface area contributed by atoms with Gasteiger partial charge in [-0.3, -0.25) is 0 Å². The molecular formula is C13H16FNO4S. The molecule has 0 saturated carbocycles. The minimum Gasteiger partial charge on any atom is -0.478 e. The lowest BCUT2D eigenvalue weighted by molar-refractivity contribution is 0.0696. The summed E-state index contributed by atoms with van der Waals surface area (Å²) in [5, 5.41) is 8.76. The van der Waals surface area contributed by atoms with Gasteiger partial charge in [-0.15, -0.1) is 0 Å². The third-order valence-corrected chi connectivity index (χ3v) is 5.32. The van der Waals surface area contributed by atoms with E-state index in [1.54, 1.807) is 0 Å². The summed E-state index contributed by atoms with van der Waals surface area (Å²) >= 11 is 0. The number of sulfonamides is 1. The predicted molar refractivity (Wildman–Crippen MR) is 70.5 cm³/mol. The van der Waals surface area contributed by atoms with Gasteiger partial charge in [0.05, 0.1) is 5.56 Å². The van der Waals surface area contributed by atoms with E-state index in [9.17, 15) is 17.6 Å². The van der Waals surface area contributed by atoms with Crippen LogP contribution >= 0.6 is 0 Å². The van der Waals surface area contributed by atoms with Crippen molar-refractivity contribution in [3.05, 3.63) is 29.6 Å². The van der Waals surface area contributed by atoms with Gasteiger partial charge < -0.3 is 5.11 Å². The molecule has 0 atom stereocenters. The molecule has 5 nitrogen and oxygen atoms in total. The third kappa shape index (κ3) is 2.69. The highest BCUT2D eigenvalue weighted by atomic mass is 32.2. The van der Waals surface area contributed by atoms with Gasteiger partial charge >= 0.3 is 5.97 Å². The molecule has 1 aliphatic rings. The summed E-state index contributed by atoms with van der Waals surface area (Å²) in [5.74, 6) is -2.33. The van der Waals surface area contributed by atoms with E-state index in [1.165, 1.54) is 4.31 Å². The molecule has 0 unspecified atom stereocenters. The second-order valence-corrected chi connectivity index (χ2v) is 7.61. The van der Waals surface area contributed by atoms with E-state index >= 15 is 0 Å². The summed E-state index contributed by atoms with van der Waals surface area (Å²) < 4.78 is 39.9. The Morgan fingerprint density at radius 1 is 1.40 bits per heavy atom. The van der Waals surface area contributed by atoms with Gasteiger partial charge in [0, 0.05) is 13.1 Å². The number of halogens is 1. The van der Waals surface area contributed by atoms with Crippen LogP contribution in [-0.2, 0) is 10.0 Å². The second kappa shape index (κ2) is 4.82. The van der Waals surface area contributed by atoms with E-state index in [-0.39, 0.29) is 11.0 Å². The number of carboxylic acids is 1. The van der Waals surface area contributed by atoms with Gasteiger partial charge in [0.25, 0.3) is 0 Å². The molecule has 1 aromatic carbocycles. The van der Waals surface area contributed by atoms with Crippen LogP contribution in [-0.4, -0.2) is 36.9 Å². The van der Waals surface area contributed by atoms with E-state index < -0.39 is 26.7 Å². The van der Waals surface area contributed by atoms with Crippen LogP contribution in [0.25, 0.3) is 0 Å². The molecule has 7 heteroatoms. The van der Waals surface area contributed by atoms with Crippen LogP contribution in [0.2, 0.25) is 0 Å². The number of benzene rings is 1. The molecule has 0 aromatic heterocycles. The Balaban J connectivity index is 2.38. The standard InChI is InChI=1S/C13H16FNO4S/c1-13(2)5-6-15(8-13)20(18,19)11-4-3-9(12(16)17)7-10(11)14/h3-4,7H,5-6,8H2,1-2H3,(H,16,17). The zero-order valence-electron chi connectivity index (χ0n) is 11.3. The smallest absolute Gasteiger partial charge is 0.335 e. The van der Waals surface area contributed by atoms with Crippen LogP contribution in [0.4, 0.5) is 4.39 Å². The SMILES string of the molecule is CC1(C)CCN(S(=O)(=O)c2ccc(C(=O)O)cc2F)C1. The van der Waals surface area contributed by atoms with Crippen LogP contribution in [0.3, 0.4) is 0 Å². The highest BCUT2D eigenvalue weighted by Crippen LogP contribution is 2.33. The summed E-state index contributed by atoms with van der Waals surface area (Å²) in [5.41, 5.74) is -0.409. The number of hydrogen-bond donors (Lipinski definition) is 1. The monoisotopic (exact) mass is 301 g/mol. The fourth-order valence-electron chi connectivity index (χ4n) is 2.25. The summed E-state index contributed by atoms with van der Waals surface area (Å²) in [6, 6.07) is 2.84. The first kappa shape index (κ1) is 14.9. The van der Waals surface area contributed by atoms with E-state index in [4.69, 9.17) is 5.11 Å². The van der Waals surface area contributed by atoms with Gasteiger partial charge in [0.15, 0.2) is 0 Å². The van der Waals surface area contributed by atoms with Gasteiger partial charge in [-0.25, -0.2) is 17.6 Å². The van der Waals surface area contributed by atoms with E-state index in [2.05, 4.69) is 0 Å². The molecule has 0 aliphatic carbocycles. The molecule has 0 radical (unpaired) electrons. The molecule has 1 aromatic rings. The van der Waals surface area contributed by atoms with Crippen LogP contribution in [0.5, 0.6) is 0 Å². The van der Waals surface area contributed by atoms with Crippen molar-refractivity contribution in [1.82, 2.24) is 4.31 Å². The summed E-state index contributed by atoms with van der Waals surface area (Å²) in [7, 11) is -3.92. The number of nitrogens with zero attached hydrogens (tertiary/aromatic N) is 1. The Bertz CT molecular complexity index is 654. The predicted octanol–water partition coefficient (Wildman–Crippen LogP) is 1.94. The molecule has 2 rings (SSSR count). The Morgan fingerprint density at radius 2 is 2.05 bits per heavy atom. The topological polar surface area (TPSA) is 74.7 Å². The normalized spacial score (nSPS) is 19.1. The van der Waals surface area contributed by atoms with Crippen molar-refractivity contribution in [2.45, 2.75) is 25.2 Å². The minimum atomic E-state index is -3.92. The van der Waals surface area contributed by atoms with E-state index in [0.29, 0.717) is 19.5 Å². The van der Waals surface area contributed by atoms with Crippen molar-refractivity contribution in [1.29, 1.82) is 0 Å². The molecule has 20 heavy (non-hydrogen) atoms. The lowest BCUT2D eigenvalue weighted by Gasteiger charge is -2.20. The van der Waals surface area contributed by atoms with Crippen LogP contribution in [0, 0.1) is 11.2 Å². The fourth-order valence-corrected chi connectivity index (χ4v) is 3.92. The molecule has 0 amide bonds. The summed E-state index contributed by atoms with van der Waals surface area (Å²) in [4.78, 5) is 10.3. The average molecular weight is 301 g/mol. The number of hydrogen-bond acceptors (Lipinski definition) is 3. The van der Waals surface area contributed by atoms with Gasteiger partial charge in [0.1, 0.15) is 10.7 Å². The third-order valence-electron chi connectivity index (χ3n) is 3.44. The first-order valence-corrected chi connectivity index (χ1v) is 7.60. The lowest BCUT2D eigenvalue weighted by Crippen LogP contribution is -2.31. The first-order chi connectivity index (χ1) is 9.13. The Morgan fingerprint density at radius 3 is 2.50 bits per heavy atom. The highest BCUT2D eigenvalue weighted by Gasteiger charge is 2.38. The van der Waals surface area contributed by atoms with Crippen molar-refractivity contribution in [2.75, 3.05) is 13.1 Å². The zero-order valence-corrected chi connectivity index (χ0v) is 12.1. The van der Waals surface area contributed by atoms with Crippen LogP contribution in [0.1, 0.15) is 30.6 Å². The molecule has 1 N–H and O–H groups in total. The van der Waals surface area contributed by atoms with Crippen molar-refractivity contribution < 1.29 is 22.7 Å². The molecule has 1 aliphatic heterocycles. The highest BCUT2D eigenvalue weighted by molar-refractivity contribution is 7.89. The molecule has 0 bridgehead atoms. The number of carbonyl (C=O) groups is 1. The second-order valence-electron chi connectivity index (χ2n) is 5.70. The maximum atomic E-state index is 13.9. The number of aromatic carboxylic acids is 1. The lowest BCUT2D eigenvalue weighted by atomic mass is 9.93. The minimum absolute atomic E-state index is 0.134. The molecular weight excluding hydrogens is 285 g/mol. The van der Waals surface area contributed by atoms with Gasteiger partial charge in [0.2, 0.25) is 10.0 Å². The average Bonchev–Trinajstić information content (AvgIpc) is 2.69. The van der Waals surface area contributed by atoms with Crippen molar-refractivity contribution in [3.63, 3.8) is 0 Å². The summed E-state index contributed by atoms with van der Waals surface area (Å²) in [6.45, 7) is 4.57. The van der Waals surface area contributed by atoms with Crippen LogP contribution < -0.4 is 0 Å². The molecule has 1 heterocycles. The van der Waals surface area contributed by atoms with Crippen molar-refractivity contribution in [3.8, 4) is 0 Å². The first-order valence-electron chi connectivity index (χ1n) is 6.16. The molecule has 1 saturated heterocycles. The maximum Gasteiger partial charge on any atom is 0.335 e. The van der Waals surface area contributed by atoms with Crippen LogP contribution in [0.15, 0.2) is 23.1 Å². The van der Waals surface area contributed by atoms with E-state index in [1.807, 2.05) is 13.8 Å². The molecule has 110 valence electrons. The van der Waals surface area contributed by atoms with Gasteiger partial charge in [-0.2, -0.15) is 4.31 Å². The Hall–Kier alpha value is -1.47. The summed E-state index contributed by atoms with van der Waals surface area (Å²) in [6.07, 6.45) is 0.709. The fraction of sp³-hybridized carbons (Fsp3) is 0.462. The maximum absolute atomic E-state index is 13.9. The Labute approximate surface area is 117 Å². The molecule has 1 fully saturated rings.